The van der Waals surface area contributed by atoms with Crippen LogP contribution in [0.1, 0.15) is 71.1 Å². The Labute approximate surface area is 139 Å². The molecule has 0 heterocycles. The van der Waals surface area contributed by atoms with Crippen molar-refractivity contribution in [3.8, 4) is 0 Å². The van der Waals surface area contributed by atoms with Crippen LogP contribution in [0.4, 0.5) is 0 Å². The number of hydrogen-bond donors (Lipinski definition) is 1. The lowest BCUT2D eigenvalue weighted by molar-refractivity contribution is -0.140. The van der Waals surface area contributed by atoms with Crippen molar-refractivity contribution < 1.29 is 19.4 Å². The Morgan fingerprint density at radius 2 is 1.91 bits per heavy atom. The second-order valence-electron chi connectivity index (χ2n) is 6.09. The first-order valence-corrected chi connectivity index (χ1v) is 8.76. The SMILES string of the molecule is CCC1=C(/C=C/[C@@H](O)CCCCCCCC(=O)OC)CCC1=O. The van der Waals surface area contributed by atoms with E-state index in [-0.39, 0.29) is 11.8 Å². The number of esters is 1. The second kappa shape index (κ2) is 11.2. The first-order valence-electron chi connectivity index (χ1n) is 8.76. The topological polar surface area (TPSA) is 63.6 Å². The molecule has 0 aromatic heterocycles. The number of unbranched alkanes of at least 4 members (excludes halogenated alkanes) is 4. The molecule has 0 aromatic carbocycles. The minimum atomic E-state index is -0.439. The molecule has 0 saturated heterocycles. The van der Waals surface area contributed by atoms with E-state index in [0.29, 0.717) is 12.8 Å². The van der Waals surface area contributed by atoms with Crippen molar-refractivity contribution in [3.05, 3.63) is 23.3 Å². The average molecular weight is 322 g/mol. The molecule has 0 radical (unpaired) electrons. The molecule has 1 atom stereocenters. The monoisotopic (exact) mass is 322 g/mol. The van der Waals surface area contributed by atoms with E-state index in [4.69, 9.17) is 0 Å². The molecule has 0 amide bonds. The lowest BCUT2D eigenvalue weighted by atomic mass is 10.0. The van der Waals surface area contributed by atoms with E-state index in [2.05, 4.69) is 4.74 Å². The normalized spacial score (nSPS) is 16.4. The van der Waals surface area contributed by atoms with Gasteiger partial charge in [0, 0.05) is 12.8 Å². The Bertz CT molecular complexity index is 448. The summed E-state index contributed by atoms with van der Waals surface area (Å²) in [6.07, 6.45) is 11.8. The number of ether oxygens (including phenoxy) is 1. The van der Waals surface area contributed by atoms with Crippen molar-refractivity contribution in [3.63, 3.8) is 0 Å². The van der Waals surface area contributed by atoms with Gasteiger partial charge in [0.1, 0.15) is 0 Å². The van der Waals surface area contributed by atoms with E-state index in [1.54, 1.807) is 0 Å². The standard InChI is InChI=1S/C19H30O4/c1-3-17-15(12-14-18(17)21)11-13-16(20)9-7-5-4-6-8-10-19(22)23-2/h11,13,16,20H,3-10,12,14H2,1-2H3/b13-11+/t16-/m0/s1. The van der Waals surface area contributed by atoms with Crippen LogP contribution in [0.15, 0.2) is 23.3 Å². The fraction of sp³-hybridized carbons (Fsp3) is 0.684. The molecule has 0 unspecified atom stereocenters. The van der Waals surface area contributed by atoms with Crippen LogP contribution in [-0.2, 0) is 14.3 Å². The van der Waals surface area contributed by atoms with Gasteiger partial charge >= 0.3 is 5.97 Å². The van der Waals surface area contributed by atoms with Gasteiger partial charge in [-0.2, -0.15) is 0 Å². The summed E-state index contributed by atoms with van der Waals surface area (Å²) in [6, 6.07) is 0. The Kier molecular flexibility index (Phi) is 9.53. The van der Waals surface area contributed by atoms with E-state index in [0.717, 1.165) is 62.5 Å². The summed E-state index contributed by atoms with van der Waals surface area (Å²) in [5, 5.41) is 9.99. The maximum absolute atomic E-state index is 11.6. The number of aliphatic hydroxyl groups is 1. The van der Waals surface area contributed by atoms with Gasteiger partial charge in [0.2, 0.25) is 0 Å². The van der Waals surface area contributed by atoms with Gasteiger partial charge in [-0.25, -0.2) is 0 Å². The average Bonchev–Trinajstić information content (AvgIpc) is 2.91. The Hall–Kier alpha value is -1.42. The fourth-order valence-electron chi connectivity index (χ4n) is 2.92. The number of carbonyl (C=O) groups is 2. The van der Waals surface area contributed by atoms with Gasteiger partial charge in [0.05, 0.1) is 13.2 Å². The molecule has 1 aliphatic rings. The summed E-state index contributed by atoms with van der Waals surface area (Å²) < 4.78 is 4.60. The van der Waals surface area contributed by atoms with Gasteiger partial charge in [0.25, 0.3) is 0 Å². The molecule has 0 spiro atoms. The van der Waals surface area contributed by atoms with Gasteiger partial charge in [-0.1, -0.05) is 44.8 Å². The first kappa shape index (κ1) is 19.6. The molecule has 1 rings (SSSR count). The molecule has 0 aromatic rings. The molecule has 1 N–H and O–H groups in total. The van der Waals surface area contributed by atoms with Crippen LogP contribution in [0, 0.1) is 0 Å². The molecular weight excluding hydrogens is 292 g/mol. The van der Waals surface area contributed by atoms with Crippen LogP contribution in [0.2, 0.25) is 0 Å². The molecule has 23 heavy (non-hydrogen) atoms. The van der Waals surface area contributed by atoms with Gasteiger partial charge in [-0.05, 0) is 36.8 Å². The fourth-order valence-corrected chi connectivity index (χ4v) is 2.92. The van der Waals surface area contributed by atoms with E-state index in [9.17, 15) is 14.7 Å². The zero-order valence-corrected chi connectivity index (χ0v) is 14.5. The maximum Gasteiger partial charge on any atom is 0.305 e. The molecular formula is C19H30O4. The lowest BCUT2D eigenvalue weighted by Gasteiger charge is -2.06. The Balaban J connectivity index is 2.14. The summed E-state index contributed by atoms with van der Waals surface area (Å²) in [4.78, 5) is 22.6. The number of ketones is 1. The van der Waals surface area contributed by atoms with Crippen molar-refractivity contribution in [1.29, 1.82) is 0 Å². The van der Waals surface area contributed by atoms with E-state index in [1.165, 1.54) is 7.11 Å². The highest BCUT2D eigenvalue weighted by molar-refractivity contribution is 5.99. The van der Waals surface area contributed by atoms with Crippen LogP contribution < -0.4 is 0 Å². The number of rotatable bonds is 11. The molecule has 4 heteroatoms. The van der Waals surface area contributed by atoms with Crippen LogP contribution in [0.25, 0.3) is 0 Å². The van der Waals surface area contributed by atoms with Gasteiger partial charge in [0.15, 0.2) is 5.78 Å². The molecule has 0 fully saturated rings. The predicted octanol–water partition coefficient (Wildman–Crippen LogP) is 3.88. The van der Waals surface area contributed by atoms with E-state index < -0.39 is 6.10 Å². The highest BCUT2D eigenvalue weighted by atomic mass is 16.5. The van der Waals surface area contributed by atoms with E-state index in [1.807, 2.05) is 19.1 Å². The third-order valence-electron chi connectivity index (χ3n) is 4.33. The smallest absolute Gasteiger partial charge is 0.305 e. The summed E-state index contributed by atoms with van der Waals surface area (Å²) in [7, 11) is 1.41. The van der Waals surface area contributed by atoms with Crippen molar-refractivity contribution in [1.82, 2.24) is 0 Å². The third-order valence-corrected chi connectivity index (χ3v) is 4.33. The second-order valence-corrected chi connectivity index (χ2v) is 6.09. The number of carbonyl (C=O) groups excluding carboxylic acids is 2. The van der Waals surface area contributed by atoms with Gasteiger partial charge in [-0.15, -0.1) is 0 Å². The minimum Gasteiger partial charge on any atom is -0.469 e. The number of aliphatic hydroxyl groups excluding tert-OH is 1. The number of hydrogen-bond acceptors (Lipinski definition) is 4. The van der Waals surface area contributed by atoms with Crippen LogP contribution in [0.3, 0.4) is 0 Å². The van der Waals surface area contributed by atoms with Crippen molar-refractivity contribution in [2.75, 3.05) is 7.11 Å². The van der Waals surface area contributed by atoms with E-state index >= 15 is 0 Å². The zero-order valence-electron chi connectivity index (χ0n) is 14.5. The lowest BCUT2D eigenvalue weighted by Crippen LogP contribution is -2.02. The molecule has 0 aliphatic heterocycles. The first-order chi connectivity index (χ1) is 11.1. The largest absolute Gasteiger partial charge is 0.469 e. The molecule has 1 aliphatic carbocycles. The molecule has 130 valence electrons. The molecule has 0 saturated carbocycles. The summed E-state index contributed by atoms with van der Waals surface area (Å²) in [5.41, 5.74) is 2.03. The Morgan fingerprint density at radius 3 is 2.61 bits per heavy atom. The third kappa shape index (κ3) is 7.60. The van der Waals surface area contributed by atoms with Crippen molar-refractivity contribution >= 4 is 11.8 Å². The maximum atomic E-state index is 11.6. The molecule has 4 nitrogen and oxygen atoms in total. The number of methoxy groups -OCH3 is 1. The van der Waals surface area contributed by atoms with Gasteiger partial charge in [-0.3, -0.25) is 9.59 Å². The molecule has 0 bridgehead atoms. The summed E-state index contributed by atoms with van der Waals surface area (Å²) in [6.45, 7) is 2.00. The van der Waals surface area contributed by atoms with Crippen LogP contribution in [0.5, 0.6) is 0 Å². The summed E-state index contributed by atoms with van der Waals surface area (Å²) in [5.74, 6) is 0.116. The van der Waals surface area contributed by atoms with Crippen molar-refractivity contribution in [2.45, 2.75) is 77.2 Å². The minimum absolute atomic E-state index is 0.142. The Morgan fingerprint density at radius 1 is 1.22 bits per heavy atom. The van der Waals surface area contributed by atoms with Crippen LogP contribution in [-0.4, -0.2) is 30.1 Å². The van der Waals surface area contributed by atoms with Gasteiger partial charge < -0.3 is 9.84 Å². The predicted molar refractivity (Wildman–Crippen MR) is 91.0 cm³/mol. The van der Waals surface area contributed by atoms with Crippen molar-refractivity contribution in [2.24, 2.45) is 0 Å². The number of allylic oxidation sites excluding steroid dienone is 3. The quantitative estimate of drug-likeness (QED) is 0.463. The highest BCUT2D eigenvalue weighted by Crippen LogP contribution is 2.26. The summed E-state index contributed by atoms with van der Waals surface area (Å²) >= 11 is 0. The zero-order chi connectivity index (χ0) is 17.1. The van der Waals surface area contributed by atoms with Crippen LogP contribution >= 0.6 is 0 Å². The highest BCUT2D eigenvalue weighted by Gasteiger charge is 2.19. The number of Topliss-reactive ketones (excluding diaryl/α,β-unsaturated/α-hetero) is 1.